The second-order valence-corrected chi connectivity index (χ2v) is 5.65. The summed E-state index contributed by atoms with van der Waals surface area (Å²) >= 11 is 0. The number of aromatic nitrogens is 3. The van der Waals surface area contributed by atoms with Gasteiger partial charge in [0.15, 0.2) is 0 Å². The van der Waals surface area contributed by atoms with Gasteiger partial charge in [0, 0.05) is 50.2 Å². The van der Waals surface area contributed by atoms with Gasteiger partial charge >= 0.3 is 0 Å². The van der Waals surface area contributed by atoms with E-state index in [0.717, 1.165) is 25.4 Å². The molecule has 0 aliphatic carbocycles. The number of hydrogen-bond donors (Lipinski definition) is 0. The van der Waals surface area contributed by atoms with E-state index in [1.165, 1.54) is 22.5 Å². The van der Waals surface area contributed by atoms with E-state index in [9.17, 15) is 0 Å². The van der Waals surface area contributed by atoms with Crippen molar-refractivity contribution in [3.8, 4) is 11.3 Å². The van der Waals surface area contributed by atoms with Crippen LogP contribution in [-0.4, -0.2) is 19.2 Å². The Morgan fingerprint density at radius 2 is 2.14 bits per heavy atom. The highest BCUT2D eigenvalue weighted by molar-refractivity contribution is 5.67. The second kappa shape index (κ2) is 4.63. The molecule has 0 saturated carbocycles. The third kappa shape index (κ3) is 2.01. The van der Waals surface area contributed by atoms with Crippen LogP contribution in [0, 0.1) is 0 Å². The summed E-state index contributed by atoms with van der Waals surface area (Å²) in [5.41, 5.74) is 5.11. The average Bonchev–Trinajstić information content (AvgIpc) is 3.13. The molecule has 21 heavy (non-hydrogen) atoms. The van der Waals surface area contributed by atoms with E-state index in [1.807, 2.05) is 30.1 Å². The van der Waals surface area contributed by atoms with Crippen LogP contribution in [-0.2, 0) is 33.7 Å². The SMILES string of the molecule is Cn1ccc2c1CN(Cc1ccco1)Cc1cnn(C)c1-2. The quantitative estimate of drug-likeness (QED) is 0.725. The number of aryl methyl sites for hydroxylation is 2. The first kappa shape index (κ1) is 12.5. The number of fused-ring (bicyclic) bond motifs is 3. The Kier molecular flexibility index (Phi) is 2.75. The average molecular weight is 282 g/mol. The third-order valence-electron chi connectivity index (χ3n) is 4.20. The lowest BCUT2D eigenvalue weighted by molar-refractivity contribution is 0.225. The van der Waals surface area contributed by atoms with Crippen molar-refractivity contribution >= 4 is 0 Å². The molecule has 108 valence electrons. The summed E-state index contributed by atoms with van der Waals surface area (Å²) in [6.45, 7) is 2.61. The zero-order valence-electron chi connectivity index (χ0n) is 12.3. The molecule has 3 aromatic rings. The standard InChI is InChI=1S/C16H18N4O/c1-18-6-5-14-15(18)11-20(10-13-4-3-7-21-13)9-12-8-17-19(2)16(12)14/h3-8H,9-11H2,1-2H3. The van der Waals surface area contributed by atoms with Gasteiger partial charge in [-0.25, -0.2) is 0 Å². The molecule has 5 heteroatoms. The van der Waals surface area contributed by atoms with E-state index in [0.29, 0.717) is 0 Å². The van der Waals surface area contributed by atoms with Crippen LogP contribution >= 0.6 is 0 Å². The Hall–Kier alpha value is -2.27. The molecule has 0 bridgehead atoms. The summed E-state index contributed by atoms with van der Waals surface area (Å²) < 4.78 is 9.68. The van der Waals surface area contributed by atoms with Crippen molar-refractivity contribution in [1.82, 2.24) is 19.2 Å². The molecule has 0 saturated heterocycles. The zero-order chi connectivity index (χ0) is 14.4. The van der Waals surface area contributed by atoms with Gasteiger partial charge in [0.2, 0.25) is 0 Å². The molecule has 4 heterocycles. The molecule has 3 aromatic heterocycles. The Labute approximate surface area is 123 Å². The lowest BCUT2D eigenvalue weighted by Gasteiger charge is -2.19. The molecule has 1 aliphatic heterocycles. The molecule has 0 unspecified atom stereocenters. The van der Waals surface area contributed by atoms with Crippen LogP contribution in [0.4, 0.5) is 0 Å². The molecular weight excluding hydrogens is 264 g/mol. The lowest BCUT2D eigenvalue weighted by atomic mass is 10.1. The predicted octanol–water partition coefficient (Wildman–Crippen LogP) is 2.53. The monoisotopic (exact) mass is 282 g/mol. The summed E-state index contributed by atoms with van der Waals surface area (Å²) in [5.74, 6) is 0.998. The highest BCUT2D eigenvalue weighted by Crippen LogP contribution is 2.33. The first-order chi connectivity index (χ1) is 10.2. The van der Waals surface area contributed by atoms with Crippen LogP contribution < -0.4 is 0 Å². The molecular formula is C16H18N4O. The van der Waals surface area contributed by atoms with Crippen molar-refractivity contribution in [1.29, 1.82) is 0 Å². The van der Waals surface area contributed by atoms with Gasteiger partial charge < -0.3 is 8.98 Å². The van der Waals surface area contributed by atoms with E-state index in [-0.39, 0.29) is 0 Å². The number of rotatable bonds is 2. The zero-order valence-corrected chi connectivity index (χ0v) is 12.3. The molecule has 0 N–H and O–H groups in total. The Morgan fingerprint density at radius 3 is 2.95 bits per heavy atom. The van der Waals surface area contributed by atoms with Gasteiger partial charge in [-0.2, -0.15) is 5.10 Å². The third-order valence-corrected chi connectivity index (χ3v) is 4.20. The Bertz CT molecular complexity index is 766. The Morgan fingerprint density at radius 1 is 1.24 bits per heavy atom. The van der Waals surface area contributed by atoms with E-state index >= 15 is 0 Å². The molecule has 0 aromatic carbocycles. The Balaban J connectivity index is 1.77. The molecule has 4 rings (SSSR count). The van der Waals surface area contributed by atoms with Crippen LogP contribution in [0.3, 0.4) is 0 Å². The number of nitrogens with zero attached hydrogens (tertiary/aromatic N) is 4. The maximum Gasteiger partial charge on any atom is 0.117 e. The topological polar surface area (TPSA) is 39.1 Å². The minimum Gasteiger partial charge on any atom is -0.468 e. The second-order valence-electron chi connectivity index (χ2n) is 5.65. The minimum absolute atomic E-state index is 0.811. The van der Waals surface area contributed by atoms with Gasteiger partial charge in [-0.3, -0.25) is 9.58 Å². The summed E-state index contributed by atoms with van der Waals surface area (Å²) in [6.07, 6.45) is 5.83. The fraction of sp³-hybridized carbons (Fsp3) is 0.312. The summed E-state index contributed by atoms with van der Waals surface area (Å²) in [7, 11) is 4.11. The molecule has 0 fully saturated rings. The van der Waals surface area contributed by atoms with E-state index < -0.39 is 0 Å². The van der Waals surface area contributed by atoms with Crippen molar-refractivity contribution in [3.05, 3.63) is 53.9 Å². The highest BCUT2D eigenvalue weighted by Gasteiger charge is 2.24. The first-order valence-corrected chi connectivity index (χ1v) is 7.12. The van der Waals surface area contributed by atoms with Gasteiger partial charge in [-0.05, 0) is 18.2 Å². The smallest absolute Gasteiger partial charge is 0.117 e. The van der Waals surface area contributed by atoms with Gasteiger partial charge in [-0.1, -0.05) is 0 Å². The van der Waals surface area contributed by atoms with Crippen molar-refractivity contribution in [3.63, 3.8) is 0 Å². The minimum atomic E-state index is 0.811. The van der Waals surface area contributed by atoms with Gasteiger partial charge in [-0.15, -0.1) is 0 Å². The predicted molar refractivity (Wildman–Crippen MR) is 79.3 cm³/mol. The molecule has 0 spiro atoms. The van der Waals surface area contributed by atoms with Gasteiger partial charge in [0.1, 0.15) is 5.76 Å². The van der Waals surface area contributed by atoms with Crippen LogP contribution in [0.2, 0.25) is 0 Å². The van der Waals surface area contributed by atoms with E-state index in [4.69, 9.17) is 4.42 Å². The molecule has 0 atom stereocenters. The van der Waals surface area contributed by atoms with Gasteiger partial charge in [0.05, 0.1) is 24.7 Å². The van der Waals surface area contributed by atoms with Gasteiger partial charge in [0.25, 0.3) is 0 Å². The van der Waals surface area contributed by atoms with Crippen LogP contribution in [0.15, 0.2) is 41.3 Å². The number of furan rings is 1. The van der Waals surface area contributed by atoms with Crippen molar-refractivity contribution in [2.45, 2.75) is 19.6 Å². The van der Waals surface area contributed by atoms with E-state index in [2.05, 4.69) is 33.9 Å². The molecule has 5 nitrogen and oxygen atoms in total. The fourth-order valence-corrected chi connectivity index (χ4v) is 3.16. The molecule has 0 radical (unpaired) electrons. The lowest BCUT2D eigenvalue weighted by Crippen LogP contribution is -2.22. The van der Waals surface area contributed by atoms with Crippen molar-refractivity contribution < 1.29 is 4.42 Å². The largest absolute Gasteiger partial charge is 0.468 e. The molecule has 0 amide bonds. The normalized spacial score (nSPS) is 14.8. The highest BCUT2D eigenvalue weighted by atomic mass is 16.3. The summed E-state index contributed by atoms with van der Waals surface area (Å²) in [6, 6.07) is 6.16. The summed E-state index contributed by atoms with van der Waals surface area (Å²) in [4.78, 5) is 2.39. The maximum atomic E-state index is 5.50. The summed E-state index contributed by atoms with van der Waals surface area (Å²) in [5, 5.41) is 4.44. The van der Waals surface area contributed by atoms with E-state index in [1.54, 1.807) is 6.26 Å². The van der Waals surface area contributed by atoms with Crippen LogP contribution in [0.25, 0.3) is 11.3 Å². The van der Waals surface area contributed by atoms with Crippen molar-refractivity contribution in [2.75, 3.05) is 0 Å². The fourth-order valence-electron chi connectivity index (χ4n) is 3.16. The van der Waals surface area contributed by atoms with Crippen LogP contribution in [0.5, 0.6) is 0 Å². The maximum absolute atomic E-state index is 5.50. The molecule has 1 aliphatic rings. The first-order valence-electron chi connectivity index (χ1n) is 7.12. The number of hydrogen-bond acceptors (Lipinski definition) is 3. The van der Waals surface area contributed by atoms with Crippen molar-refractivity contribution in [2.24, 2.45) is 14.1 Å². The van der Waals surface area contributed by atoms with Crippen LogP contribution in [0.1, 0.15) is 17.0 Å².